The van der Waals surface area contributed by atoms with Gasteiger partial charge in [-0.25, -0.2) is 0 Å². The van der Waals surface area contributed by atoms with Crippen LogP contribution in [-0.4, -0.2) is 29.0 Å². The van der Waals surface area contributed by atoms with Crippen LogP contribution in [0.25, 0.3) is 5.57 Å². The van der Waals surface area contributed by atoms with Crippen molar-refractivity contribution in [1.29, 1.82) is 0 Å². The van der Waals surface area contributed by atoms with Gasteiger partial charge in [-0.05, 0) is 31.1 Å². The summed E-state index contributed by atoms with van der Waals surface area (Å²) in [6, 6.07) is 9.74. The van der Waals surface area contributed by atoms with Crippen LogP contribution in [0.5, 0.6) is 0 Å². The standard InChI is InChI=1S/C22H26N2O4/c1-15(25)12-19(27)23-22(24-20(28)13-16(2)26)11-10-18(14-21(22,3)4)17-8-6-5-7-9-17/h5-11,14H,12-13H2,1-4H3,(H,23,27)(H,24,28). The highest BCUT2D eigenvalue weighted by atomic mass is 16.2. The minimum Gasteiger partial charge on any atom is -0.329 e. The minimum atomic E-state index is -1.26. The van der Waals surface area contributed by atoms with Crippen LogP contribution in [0.2, 0.25) is 0 Å². The highest BCUT2D eigenvalue weighted by molar-refractivity contribution is 5.99. The molecule has 1 aliphatic rings. The number of Topliss-reactive ketones (excluding diaryl/α,β-unsaturated/α-hetero) is 2. The third-order valence-electron chi connectivity index (χ3n) is 4.64. The molecule has 0 saturated heterocycles. The molecule has 0 bridgehead atoms. The average molecular weight is 382 g/mol. The lowest BCUT2D eigenvalue weighted by Gasteiger charge is -2.46. The van der Waals surface area contributed by atoms with Crippen molar-refractivity contribution in [2.75, 3.05) is 0 Å². The molecule has 148 valence electrons. The van der Waals surface area contributed by atoms with Crippen LogP contribution in [0, 0.1) is 5.41 Å². The molecular weight excluding hydrogens is 356 g/mol. The molecule has 0 heterocycles. The molecule has 2 amide bonds. The zero-order valence-electron chi connectivity index (χ0n) is 16.7. The van der Waals surface area contributed by atoms with E-state index in [0.717, 1.165) is 11.1 Å². The molecule has 0 aromatic heterocycles. The molecule has 0 aliphatic heterocycles. The Bertz CT molecular complexity index is 821. The molecular formula is C22H26N2O4. The first-order valence-electron chi connectivity index (χ1n) is 9.13. The predicted molar refractivity (Wildman–Crippen MR) is 107 cm³/mol. The zero-order valence-corrected chi connectivity index (χ0v) is 16.7. The molecule has 2 rings (SSSR count). The second-order valence-electron chi connectivity index (χ2n) is 7.68. The molecule has 0 radical (unpaired) electrons. The van der Waals surface area contributed by atoms with Gasteiger partial charge in [-0.2, -0.15) is 0 Å². The molecule has 1 aromatic rings. The van der Waals surface area contributed by atoms with Crippen LogP contribution >= 0.6 is 0 Å². The van der Waals surface area contributed by atoms with Crippen LogP contribution < -0.4 is 10.6 Å². The number of amides is 2. The Morgan fingerprint density at radius 2 is 1.36 bits per heavy atom. The van der Waals surface area contributed by atoms with Crippen molar-refractivity contribution in [3.05, 3.63) is 54.1 Å². The molecule has 28 heavy (non-hydrogen) atoms. The number of rotatable bonds is 7. The number of carbonyl (C=O) groups is 4. The summed E-state index contributed by atoms with van der Waals surface area (Å²) in [6.45, 7) is 6.41. The van der Waals surface area contributed by atoms with Crippen molar-refractivity contribution < 1.29 is 19.2 Å². The molecule has 6 nitrogen and oxygen atoms in total. The molecule has 0 saturated carbocycles. The zero-order chi connectivity index (χ0) is 20.9. The molecule has 2 N–H and O–H groups in total. The largest absolute Gasteiger partial charge is 0.329 e. The molecule has 0 unspecified atom stereocenters. The van der Waals surface area contributed by atoms with Crippen LogP contribution in [0.4, 0.5) is 0 Å². The maximum atomic E-state index is 12.4. The summed E-state index contributed by atoms with van der Waals surface area (Å²) in [5.41, 5.74) is -0.0377. The van der Waals surface area contributed by atoms with Crippen LogP contribution in [-0.2, 0) is 19.2 Å². The number of hydrogen-bond donors (Lipinski definition) is 2. The van der Waals surface area contributed by atoms with Gasteiger partial charge in [0.2, 0.25) is 11.8 Å². The van der Waals surface area contributed by atoms with Crippen LogP contribution in [0.15, 0.2) is 48.6 Å². The van der Waals surface area contributed by atoms with Gasteiger partial charge in [-0.3, -0.25) is 19.2 Å². The Kier molecular flexibility index (Phi) is 6.33. The first kappa shape index (κ1) is 21.3. The van der Waals surface area contributed by atoms with Crippen molar-refractivity contribution >= 4 is 29.0 Å². The van der Waals surface area contributed by atoms with Crippen molar-refractivity contribution in [3.63, 3.8) is 0 Å². The van der Waals surface area contributed by atoms with Gasteiger partial charge in [-0.1, -0.05) is 56.3 Å². The van der Waals surface area contributed by atoms with Gasteiger partial charge in [0.15, 0.2) is 0 Å². The maximum absolute atomic E-state index is 12.4. The van der Waals surface area contributed by atoms with Crippen molar-refractivity contribution in [1.82, 2.24) is 10.6 Å². The van der Waals surface area contributed by atoms with Crippen molar-refractivity contribution in [2.45, 2.75) is 46.2 Å². The van der Waals surface area contributed by atoms with Gasteiger partial charge < -0.3 is 10.6 Å². The third kappa shape index (κ3) is 5.03. The van der Waals surface area contributed by atoms with Crippen LogP contribution in [0.3, 0.4) is 0 Å². The van der Waals surface area contributed by atoms with E-state index in [1.807, 2.05) is 56.3 Å². The lowest BCUT2D eigenvalue weighted by molar-refractivity contribution is -0.131. The van der Waals surface area contributed by atoms with Crippen molar-refractivity contribution in [2.24, 2.45) is 5.41 Å². The number of nitrogens with one attached hydrogen (secondary N) is 2. The normalized spacial score (nSPS) is 16.6. The predicted octanol–water partition coefficient (Wildman–Crippen LogP) is 2.55. The van der Waals surface area contributed by atoms with E-state index in [1.54, 1.807) is 6.08 Å². The molecule has 1 aromatic carbocycles. The Labute approximate surface area is 165 Å². The highest BCUT2D eigenvalue weighted by Gasteiger charge is 2.46. The van der Waals surface area contributed by atoms with Gasteiger partial charge in [-0.15, -0.1) is 0 Å². The molecule has 0 fully saturated rings. The number of ketones is 2. The van der Waals surface area contributed by atoms with Gasteiger partial charge in [0.25, 0.3) is 0 Å². The molecule has 0 spiro atoms. The van der Waals surface area contributed by atoms with E-state index in [0.29, 0.717) is 0 Å². The van der Waals surface area contributed by atoms with E-state index < -0.39 is 22.9 Å². The van der Waals surface area contributed by atoms with Gasteiger partial charge in [0.1, 0.15) is 17.2 Å². The second kappa shape index (κ2) is 8.33. The number of hydrogen-bond acceptors (Lipinski definition) is 4. The fourth-order valence-electron chi connectivity index (χ4n) is 3.21. The summed E-state index contributed by atoms with van der Waals surface area (Å²) in [6.07, 6.45) is 4.92. The van der Waals surface area contributed by atoms with E-state index in [4.69, 9.17) is 0 Å². The Balaban J connectivity index is 2.40. The van der Waals surface area contributed by atoms with Gasteiger partial charge >= 0.3 is 0 Å². The Morgan fingerprint density at radius 1 is 0.857 bits per heavy atom. The minimum absolute atomic E-state index is 0.277. The van der Waals surface area contributed by atoms with Gasteiger partial charge in [0.05, 0.1) is 12.8 Å². The summed E-state index contributed by atoms with van der Waals surface area (Å²) in [4.78, 5) is 47.4. The van der Waals surface area contributed by atoms with Crippen molar-refractivity contribution in [3.8, 4) is 0 Å². The number of benzene rings is 1. The van der Waals surface area contributed by atoms with Crippen LogP contribution in [0.1, 0.15) is 46.1 Å². The average Bonchev–Trinajstić information content (AvgIpc) is 2.56. The summed E-state index contributed by atoms with van der Waals surface area (Å²) < 4.78 is 0. The third-order valence-corrected chi connectivity index (χ3v) is 4.64. The summed E-state index contributed by atoms with van der Waals surface area (Å²) in [5.74, 6) is -1.54. The molecule has 1 aliphatic carbocycles. The Morgan fingerprint density at radius 3 is 1.79 bits per heavy atom. The second-order valence-corrected chi connectivity index (χ2v) is 7.68. The molecule has 0 atom stereocenters. The number of carbonyl (C=O) groups excluding carboxylic acids is 4. The lowest BCUT2D eigenvalue weighted by atomic mass is 9.72. The highest BCUT2D eigenvalue weighted by Crippen LogP contribution is 2.39. The maximum Gasteiger partial charge on any atom is 0.229 e. The first-order valence-corrected chi connectivity index (χ1v) is 9.13. The lowest BCUT2D eigenvalue weighted by Crippen LogP contribution is -2.67. The smallest absolute Gasteiger partial charge is 0.229 e. The molecule has 6 heteroatoms. The topological polar surface area (TPSA) is 92.3 Å². The fourth-order valence-corrected chi connectivity index (χ4v) is 3.21. The SMILES string of the molecule is CC(=O)CC(=O)NC1(NC(=O)CC(C)=O)C=CC(c2ccccc2)=CC1(C)C. The summed E-state index contributed by atoms with van der Waals surface area (Å²) in [5, 5.41) is 5.59. The Hall–Kier alpha value is -3.02. The van der Waals surface area contributed by atoms with E-state index in [-0.39, 0.29) is 24.4 Å². The monoisotopic (exact) mass is 382 g/mol. The quantitative estimate of drug-likeness (QED) is 0.560. The van der Waals surface area contributed by atoms with E-state index in [1.165, 1.54) is 13.8 Å². The first-order chi connectivity index (χ1) is 13.0. The number of allylic oxidation sites excluding steroid dienone is 2. The van der Waals surface area contributed by atoms with E-state index in [2.05, 4.69) is 10.6 Å². The van der Waals surface area contributed by atoms with E-state index >= 15 is 0 Å². The fraction of sp³-hybridized carbons (Fsp3) is 0.364. The van der Waals surface area contributed by atoms with E-state index in [9.17, 15) is 19.2 Å². The van der Waals surface area contributed by atoms with Gasteiger partial charge in [0, 0.05) is 5.41 Å². The summed E-state index contributed by atoms with van der Waals surface area (Å²) >= 11 is 0. The summed E-state index contributed by atoms with van der Waals surface area (Å²) in [7, 11) is 0.